The first-order chi connectivity index (χ1) is 18.2. The number of nitrogen functional groups attached to an aromatic ring is 1. The lowest BCUT2D eigenvalue weighted by molar-refractivity contribution is 0.122. The van der Waals surface area contributed by atoms with E-state index in [1.165, 1.54) is 5.56 Å². The van der Waals surface area contributed by atoms with Crippen molar-refractivity contribution in [2.24, 2.45) is 0 Å². The number of likely N-dealkylation sites (N-methyl/N-ethyl adjacent to an activating group) is 1. The van der Waals surface area contributed by atoms with Gasteiger partial charge in [0.15, 0.2) is 0 Å². The fraction of sp³-hybridized carbons (Fsp3) is 0.481. The number of nitrogens with two attached hydrogens (primary N) is 1. The van der Waals surface area contributed by atoms with Crippen molar-refractivity contribution >= 4 is 23.4 Å². The van der Waals surface area contributed by atoms with Gasteiger partial charge >= 0.3 is 0 Å². The molecule has 2 N–H and O–H groups in total. The van der Waals surface area contributed by atoms with Gasteiger partial charge in [0.1, 0.15) is 5.82 Å². The Hall–Kier alpha value is -3.34. The molecule has 6 rings (SSSR count). The summed E-state index contributed by atoms with van der Waals surface area (Å²) in [6.45, 7) is 12.7. The van der Waals surface area contributed by atoms with Crippen LogP contribution in [0.15, 0.2) is 36.7 Å². The molecule has 0 amide bonds. The number of ether oxygens (including phenoxy) is 1. The molecule has 2 saturated heterocycles. The third-order valence-electron chi connectivity index (χ3n) is 7.62. The second-order valence-electron chi connectivity index (χ2n) is 9.88. The van der Waals surface area contributed by atoms with Gasteiger partial charge in [0, 0.05) is 81.6 Å². The highest BCUT2D eigenvalue weighted by Crippen LogP contribution is 2.39. The molecule has 3 aliphatic heterocycles. The fourth-order valence-corrected chi connectivity index (χ4v) is 5.40. The molecule has 0 saturated carbocycles. The second kappa shape index (κ2) is 10.6. The molecular weight excluding hydrogens is 466 g/mol. The highest BCUT2D eigenvalue weighted by atomic mass is 16.5. The number of hydrogen-bond acceptors (Lipinski definition) is 10. The maximum absolute atomic E-state index is 5.76. The van der Waals surface area contributed by atoms with Crippen LogP contribution in [0.4, 0.5) is 23.4 Å². The van der Waals surface area contributed by atoms with Gasteiger partial charge in [-0.25, -0.2) is 15.0 Å². The molecule has 0 spiro atoms. The molecule has 10 heteroatoms. The number of hydrogen-bond donors (Lipinski definition) is 1. The number of fused-ring (bicyclic) bond motifs is 1. The molecule has 0 atom stereocenters. The number of nitrogens with zero attached hydrogens (tertiary/aromatic N) is 8. The quantitative estimate of drug-likeness (QED) is 0.541. The summed E-state index contributed by atoms with van der Waals surface area (Å²) >= 11 is 0. The molecule has 37 heavy (non-hydrogen) atoms. The van der Waals surface area contributed by atoms with E-state index in [9.17, 15) is 0 Å². The molecule has 0 bridgehead atoms. The van der Waals surface area contributed by atoms with Crippen molar-refractivity contribution in [1.29, 1.82) is 0 Å². The van der Waals surface area contributed by atoms with E-state index >= 15 is 0 Å². The van der Waals surface area contributed by atoms with Gasteiger partial charge in [0.25, 0.3) is 0 Å². The van der Waals surface area contributed by atoms with Crippen molar-refractivity contribution in [1.82, 2.24) is 29.7 Å². The normalized spacial score (nSPS) is 18.8. The van der Waals surface area contributed by atoms with Gasteiger partial charge in [-0.15, -0.1) is 0 Å². The standard InChI is InChI=1S/C27H35N9O/c1-2-33-9-11-34(12-10-33)19-20-3-5-22(6-4-20)36-8-7-23-24(21-17-29-26(28)30-18-21)31-27(32-25(23)36)35-13-15-37-16-14-35/h3-6,17-18H,2,7-16,19H2,1H3,(H2,28,29,30). The van der Waals surface area contributed by atoms with Crippen LogP contribution in [0.3, 0.4) is 0 Å². The van der Waals surface area contributed by atoms with E-state index in [4.69, 9.17) is 20.4 Å². The highest BCUT2D eigenvalue weighted by molar-refractivity contribution is 5.76. The number of aromatic nitrogens is 4. The third kappa shape index (κ3) is 5.09. The SMILES string of the molecule is CCN1CCN(Cc2ccc(N3CCc4c(-c5cnc(N)nc5)nc(N5CCOCC5)nc43)cc2)CC1. The van der Waals surface area contributed by atoms with Gasteiger partial charge in [0.05, 0.1) is 18.9 Å². The number of rotatable bonds is 6. The summed E-state index contributed by atoms with van der Waals surface area (Å²) in [5.41, 5.74) is 11.1. The van der Waals surface area contributed by atoms with Crippen molar-refractivity contribution in [3.8, 4) is 11.3 Å². The molecule has 2 aromatic heterocycles. The molecule has 0 unspecified atom stereocenters. The summed E-state index contributed by atoms with van der Waals surface area (Å²) in [6, 6.07) is 8.99. The maximum atomic E-state index is 5.76. The van der Waals surface area contributed by atoms with Crippen LogP contribution in [0.5, 0.6) is 0 Å². The van der Waals surface area contributed by atoms with Crippen molar-refractivity contribution in [2.75, 3.05) is 81.1 Å². The van der Waals surface area contributed by atoms with Crippen LogP contribution in [0.1, 0.15) is 18.1 Å². The maximum Gasteiger partial charge on any atom is 0.228 e. The molecule has 5 heterocycles. The average molecular weight is 502 g/mol. The first-order valence-corrected chi connectivity index (χ1v) is 13.3. The van der Waals surface area contributed by atoms with Crippen LogP contribution >= 0.6 is 0 Å². The number of anilines is 4. The predicted molar refractivity (Wildman–Crippen MR) is 145 cm³/mol. The first-order valence-electron chi connectivity index (χ1n) is 13.3. The Labute approximate surface area is 218 Å². The lowest BCUT2D eigenvalue weighted by atomic mass is 10.1. The average Bonchev–Trinajstić information content (AvgIpc) is 3.38. The smallest absolute Gasteiger partial charge is 0.228 e. The largest absolute Gasteiger partial charge is 0.378 e. The zero-order valence-electron chi connectivity index (χ0n) is 21.5. The van der Waals surface area contributed by atoms with E-state index in [0.717, 1.165) is 99.6 Å². The van der Waals surface area contributed by atoms with Crippen molar-refractivity contribution in [2.45, 2.75) is 19.9 Å². The van der Waals surface area contributed by atoms with Crippen LogP contribution in [0.25, 0.3) is 11.3 Å². The van der Waals surface area contributed by atoms with Crippen molar-refractivity contribution in [3.63, 3.8) is 0 Å². The van der Waals surface area contributed by atoms with E-state index < -0.39 is 0 Å². The van der Waals surface area contributed by atoms with E-state index in [1.807, 2.05) is 0 Å². The Kier molecular flexibility index (Phi) is 6.86. The third-order valence-corrected chi connectivity index (χ3v) is 7.62. The summed E-state index contributed by atoms with van der Waals surface area (Å²) in [6.07, 6.45) is 4.37. The van der Waals surface area contributed by atoms with Gasteiger partial charge in [0.2, 0.25) is 11.9 Å². The first kappa shape index (κ1) is 24.0. The number of morpholine rings is 1. The lowest BCUT2D eigenvalue weighted by Crippen LogP contribution is -2.45. The Morgan fingerprint density at radius 3 is 2.27 bits per heavy atom. The summed E-state index contributed by atoms with van der Waals surface area (Å²) in [4.78, 5) is 28.1. The topological polar surface area (TPSA) is 99.8 Å². The molecular formula is C27H35N9O. The Morgan fingerprint density at radius 1 is 0.865 bits per heavy atom. The van der Waals surface area contributed by atoms with Crippen molar-refractivity contribution < 1.29 is 4.74 Å². The minimum Gasteiger partial charge on any atom is -0.378 e. The van der Waals surface area contributed by atoms with Gasteiger partial charge in [-0.1, -0.05) is 19.1 Å². The highest BCUT2D eigenvalue weighted by Gasteiger charge is 2.29. The van der Waals surface area contributed by atoms with E-state index in [1.54, 1.807) is 12.4 Å². The van der Waals surface area contributed by atoms with E-state index in [-0.39, 0.29) is 5.95 Å². The second-order valence-corrected chi connectivity index (χ2v) is 9.88. The van der Waals surface area contributed by atoms with Gasteiger partial charge in [-0.05, 0) is 30.7 Å². The molecule has 1 aromatic carbocycles. The zero-order chi connectivity index (χ0) is 25.2. The lowest BCUT2D eigenvalue weighted by Gasteiger charge is -2.34. The minimum atomic E-state index is 0.261. The molecule has 2 fully saturated rings. The summed E-state index contributed by atoms with van der Waals surface area (Å²) in [7, 11) is 0. The molecule has 0 radical (unpaired) electrons. The summed E-state index contributed by atoms with van der Waals surface area (Å²) in [5.74, 6) is 1.95. The van der Waals surface area contributed by atoms with Crippen LogP contribution in [-0.4, -0.2) is 95.3 Å². The summed E-state index contributed by atoms with van der Waals surface area (Å²) in [5, 5.41) is 0. The van der Waals surface area contributed by atoms with Gasteiger partial charge in [-0.2, -0.15) is 4.98 Å². The van der Waals surface area contributed by atoms with Crippen LogP contribution in [0, 0.1) is 0 Å². The van der Waals surface area contributed by atoms with Crippen LogP contribution < -0.4 is 15.5 Å². The molecule has 0 aliphatic carbocycles. The Morgan fingerprint density at radius 2 is 1.57 bits per heavy atom. The molecule has 3 aromatic rings. The molecule has 3 aliphatic rings. The Balaban J connectivity index is 1.27. The van der Waals surface area contributed by atoms with E-state index in [0.29, 0.717) is 13.2 Å². The fourth-order valence-electron chi connectivity index (χ4n) is 5.40. The van der Waals surface area contributed by atoms with Gasteiger partial charge in [-0.3, -0.25) is 4.90 Å². The predicted octanol–water partition coefficient (Wildman–Crippen LogP) is 2.18. The van der Waals surface area contributed by atoms with Crippen LogP contribution in [0.2, 0.25) is 0 Å². The monoisotopic (exact) mass is 501 g/mol. The Bertz CT molecular complexity index is 1200. The van der Waals surface area contributed by atoms with Crippen molar-refractivity contribution in [3.05, 3.63) is 47.8 Å². The summed E-state index contributed by atoms with van der Waals surface area (Å²) < 4.78 is 5.56. The van der Waals surface area contributed by atoms with Gasteiger partial charge < -0.3 is 25.2 Å². The van der Waals surface area contributed by atoms with Crippen LogP contribution in [-0.2, 0) is 17.7 Å². The molecule has 10 nitrogen and oxygen atoms in total. The molecule has 194 valence electrons. The zero-order valence-corrected chi connectivity index (χ0v) is 21.5. The number of benzene rings is 1. The minimum absolute atomic E-state index is 0.261. The number of piperazine rings is 1. The van der Waals surface area contributed by atoms with E-state index in [2.05, 4.69) is 60.8 Å².